The van der Waals surface area contributed by atoms with Gasteiger partial charge in [-0.25, -0.2) is 0 Å². The number of rotatable bonds is 6. The Hall–Kier alpha value is -1.01. The molecule has 0 saturated heterocycles. The molecule has 1 aliphatic carbocycles. The molecule has 1 aliphatic rings. The lowest BCUT2D eigenvalue weighted by Gasteiger charge is -2.44. The van der Waals surface area contributed by atoms with Gasteiger partial charge in [-0.1, -0.05) is 26.7 Å². The summed E-state index contributed by atoms with van der Waals surface area (Å²) in [4.78, 5) is 4.03. The average molecular weight is 266 g/mol. The Morgan fingerprint density at radius 1 is 1.32 bits per heavy atom. The summed E-state index contributed by atoms with van der Waals surface area (Å²) >= 11 is 0. The van der Waals surface area contributed by atoms with Crippen molar-refractivity contribution in [1.29, 1.82) is 0 Å². The fraction of sp³-hybridized carbons (Fsp3) is 0.923. The largest absolute Gasteiger partial charge is 0.326 e. The van der Waals surface area contributed by atoms with Crippen LogP contribution in [0.2, 0.25) is 0 Å². The Morgan fingerprint density at radius 2 is 1.95 bits per heavy atom. The van der Waals surface area contributed by atoms with Gasteiger partial charge in [-0.05, 0) is 31.1 Å². The maximum atomic E-state index is 6.55. The molecule has 1 aromatic heterocycles. The first-order valence-electron chi connectivity index (χ1n) is 7.36. The van der Waals surface area contributed by atoms with E-state index in [9.17, 15) is 0 Å². The van der Waals surface area contributed by atoms with Crippen LogP contribution in [0.4, 0.5) is 0 Å². The summed E-state index contributed by atoms with van der Waals surface area (Å²) in [6, 6.07) is 0.0825. The van der Waals surface area contributed by atoms with Crippen molar-refractivity contribution in [3.05, 3.63) is 5.82 Å². The third-order valence-corrected chi connectivity index (χ3v) is 4.51. The van der Waals surface area contributed by atoms with E-state index in [1.54, 1.807) is 7.05 Å². The Balaban J connectivity index is 2.14. The zero-order valence-electron chi connectivity index (χ0n) is 12.3. The van der Waals surface area contributed by atoms with E-state index in [1.165, 1.54) is 30.5 Å². The molecule has 108 valence electrons. The normalized spacial score (nSPS) is 20.1. The summed E-state index contributed by atoms with van der Waals surface area (Å²) in [6.45, 7) is 6.55. The zero-order chi connectivity index (χ0) is 13.9. The van der Waals surface area contributed by atoms with E-state index in [-0.39, 0.29) is 11.6 Å². The minimum atomic E-state index is 0.0825. The molecule has 0 aromatic carbocycles. The van der Waals surface area contributed by atoms with Gasteiger partial charge in [0.25, 0.3) is 0 Å². The lowest BCUT2D eigenvalue weighted by molar-refractivity contribution is 0.0765. The van der Waals surface area contributed by atoms with Crippen LogP contribution in [0.1, 0.15) is 45.4 Å². The molecule has 0 aliphatic heterocycles. The minimum absolute atomic E-state index is 0.0825. The quantitative estimate of drug-likeness (QED) is 0.822. The maximum absolute atomic E-state index is 6.55. The SMILES string of the molecule is CCN(CC)C1(C(N)Cc2nnn(C)n2)CCCC1. The summed E-state index contributed by atoms with van der Waals surface area (Å²) in [5.74, 6) is 0.758. The van der Waals surface area contributed by atoms with Crippen LogP contribution in [-0.2, 0) is 13.5 Å². The van der Waals surface area contributed by atoms with Crippen LogP contribution < -0.4 is 5.73 Å². The standard InChI is InChI=1S/C13H26N6/c1-4-19(5-2)13(8-6-7-9-13)11(14)10-12-15-17-18(3)16-12/h11H,4-10,14H2,1-3H3. The van der Waals surface area contributed by atoms with E-state index < -0.39 is 0 Å². The zero-order valence-corrected chi connectivity index (χ0v) is 12.3. The number of hydrogen-bond acceptors (Lipinski definition) is 5. The predicted molar refractivity (Wildman–Crippen MR) is 74.6 cm³/mol. The molecule has 1 saturated carbocycles. The molecule has 1 unspecified atom stereocenters. The van der Waals surface area contributed by atoms with Crippen molar-refractivity contribution in [1.82, 2.24) is 25.1 Å². The van der Waals surface area contributed by atoms with Crippen molar-refractivity contribution in [2.24, 2.45) is 12.8 Å². The van der Waals surface area contributed by atoms with Crippen LogP contribution in [0.15, 0.2) is 0 Å². The van der Waals surface area contributed by atoms with E-state index in [1.807, 2.05) is 0 Å². The second kappa shape index (κ2) is 5.96. The van der Waals surface area contributed by atoms with Crippen LogP contribution in [0.25, 0.3) is 0 Å². The van der Waals surface area contributed by atoms with Gasteiger partial charge in [0.15, 0.2) is 5.82 Å². The fourth-order valence-electron chi connectivity index (χ4n) is 3.55. The molecule has 0 amide bonds. The summed E-state index contributed by atoms with van der Waals surface area (Å²) in [5, 5.41) is 12.2. The van der Waals surface area contributed by atoms with E-state index in [2.05, 4.69) is 34.2 Å². The van der Waals surface area contributed by atoms with Gasteiger partial charge >= 0.3 is 0 Å². The molecule has 0 spiro atoms. The van der Waals surface area contributed by atoms with Gasteiger partial charge in [0.2, 0.25) is 0 Å². The number of nitrogens with zero attached hydrogens (tertiary/aromatic N) is 5. The molecule has 2 N–H and O–H groups in total. The number of aromatic nitrogens is 4. The number of hydrogen-bond donors (Lipinski definition) is 1. The maximum Gasteiger partial charge on any atom is 0.176 e. The highest BCUT2D eigenvalue weighted by Gasteiger charge is 2.43. The van der Waals surface area contributed by atoms with E-state index in [0.717, 1.165) is 18.9 Å². The Bertz CT molecular complexity index is 392. The summed E-state index contributed by atoms with van der Waals surface area (Å²) < 4.78 is 0. The monoisotopic (exact) mass is 266 g/mol. The van der Waals surface area contributed by atoms with Gasteiger partial charge in [-0.2, -0.15) is 4.80 Å². The molecule has 6 nitrogen and oxygen atoms in total. The molecule has 1 fully saturated rings. The lowest BCUT2D eigenvalue weighted by atomic mass is 9.84. The van der Waals surface area contributed by atoms with E-state index >= 15 is 0 Å². The number of tetrazole rings is 1. The van der Waals surface area contributed by atoms with Crippen molar-refractivity contribution in [2.75, 3.05) is 13.1 Å². The smallest absolute Gasteiger partial charge is 0.176 e. The number of aryl methyl sites for hydroxylation is 1. The van der Waals surface area contributed by atoms with Gasteiger partial charge < -0.3 is 5.73 Å². The van der Waals surface area contributed by atoms with Crippen LogP contribution in [0.5, 0.6) is 0 Å². The molecule has 6 heteroatoms. The molecular formula is C13H26N6. The second-order valence-corrected chi connectivity index (χ2v) is 5.49. The number of nitrogens with two attached hydrogens (primary N) is 1. The molecule has 1 aromatic rings. The molecule has 1 heterocycles. The first-order valence-corrected chi connectivity index (χ1v) is 7.36. The molecule has 1 atom stereocenters. The first-order chi connectivity index (χ1) is 9.12. The Kier molecular flexibility index (Phi) is 4.52. The average Bonchev–Trinajstić information content (AvgIpc) is 3.01. The van der Waals surface area contributed by atoms with Crippen molar-refractivity contribution < 1.29 is 0 Å². The highest BCUT2D eigenvalue weighted by Crippen LogP contribution is 2.38. The summed E-state index contributed by atoms with van der Waals surface area (Å²) in [7, 11) is 1.79. The molecular weight excluding hydrogens is 240 g/mol. The van der Waals surface area contributed by atoms with Gasteiger partial charge in [-0.15, -0.1) is 10.2 Å². The fourth-order valence-corrected chi connectivity index (χ4v) is 3.55. The lowest BCUT2D eigenvalue weighted by Crippen LogP contribution is -2.59. The Labute approximate surface area is 115 Å². The van der Waals surface area contributed by atoms with Crippen molar-refractivity contribution >= 4 is 0 Å². The predicted octanol–water partition coefficient (Wildman–Crippen LogP) is 0.734. The molecule has 0 bridgehead atoms. The topological polar surface area (TPSA) is 72.9 Å². The van der Waals surface area contributed by atoms with Gasteiger partial charge in [0, 0.05) is 18.0 Å². The second-order valence-electron chi connectivity index (χ2n) is 5.49. The molecule has 19 heavy (non-hydrogen) atoms. The van der Waals surface area contributed by atoms with Gasteiger partial charge in [0.1, 0.15) is 0 Å². The van der Waals surface area contributed by atoms with Gasteiger partial charge in [-0.3, -0.25) is 4.90 Å². The van der Waals surface area contributed by atoms with Crippen LogP contribution >= 0.6 is 0 Å². The van der Waals surface area contributed by atoms with Crippen LogP contribution in [0.3, 0.4) is 0 Å². The molecule has 2 rings (SSSR count). The number of likely N-dealkylation sites (N-methyl/N-ethyl adjacent to an activating group) is 1. The van der Waals surface area contributed by atoms with Crippen molar-refractivity contribution in [3.8, 4) is 0 Å². The minimum Gasteiger partial charge on any atom is -0.326 e. The Morgan fingerprint density at radius 3 is 2.42 bits per heavy atom. The van der Waals surface area contributed by atoms with Crippen molar-refractivity contribution in [3.63, 3.8) is 0 Å². The highest BCUT2D eigenvalue weighted by atomic mass is 15.6. The third-order valence-electron chi connectivity index (χ3n) is 4.51. The van der Waals surface area contributed by atoms with Crippen LogP contribution in [-0.4, -0.2) is 49.8 Å². The van der Waals surface area contributed by atoms with Crippen LogP contribution in [0, 0.1) is 0 Å². The summed E-state index contributed by atoms with van der Waals surface area (Å²) in [5.41, 5.74) is 6.68. The summed E-state index contributed by atoms with van der Waals surface area (Å²) in [6.07, 6.45) is 5.65. The highest BCUT2D eigenvalue weighted by molar-refractivity contribution is 5.04. The molecule has 0 radical (unpaired) electrons. The van der Waals surface area contributed by atoms with E-state index in [0.29, 0.717) is 6.42 Å². The van der Waals surface area contributed by atoms with Gasteiger partial charge in [0.05, 0.1) is 7.05 Å². The van der Waals surface area contributed by atoms with Crippen molar-refractivity contribution in [2.45, 2.75) is 57.5 Å². The van der Waals surface area contributed by atoms with E-state index in [4.69, 9.17) is 5.73 Å². The third kappa shape index (κ3) is 2.79. The first kappa shape index (κ1) is 14.4.